The lowest BCUT2D eigenvalue weighted by atomic mass is 10.3. The summed E-state index contributed by atoms with van der Waals surface area (Å²) < 4.78 is 0. The Labute approximate surface area is 120 Å². The number of hydrogen-bond donors (Lipinski definition) is 0. The monoisotopic (exact) mass is 280 g/mol. The number of carbonyl (C=O) groups excluding carboxylic acids is 2. The predicted octanol–water partition coefficient (Wildman–Crippen LogP) is 0.303. The third kappa shape index (κ3) is 5.57. The van der Waals surface area contributed by atoms with Crippen LogP contribution in [0.3, 0.4) is 0 Å². The second-order valence-corrected chi connectivity index (χ2v) is 5.17. The highest BCUT2D eigenvalue weighted by Gasteiger charge is 2.17. The smallest absolute Gasteiger partial charge is 0.223 e. The Morgan fingerprint density at radius 3 is 2.65 bits per heavy atom. The van der Waals surface area contributed by atoms with Gasteiger partial charge in [-0.05, 0) is 13.0 Å². The number of amides is 2. The number of nitrogens with zero attached hydrogens (tertiary/aromatic N) is 4. The maximum absolute atomic E-state index is 11.9. The molecular formula is C14H24N4O2. The van der Waals surface area contributed by atoms with Crippen LogP contribution in [0.2, 0.25) is 0 Å². The number of hydrogen-bond acceptors (Lipinski definition) is 4. The van der Waals surface area contributed by atoms with Crippen LogP contribution in [-0.4, -0.2) is 72.8 Å². The van der Waals surface area contributed by atoms with Crippen LogP contribution in [0.25, 0.3) is 0 Å². The minimum Gasteiger partial charge on any atom is -0.345 e. The van der Waals surface area contributed by atoms with E-state index in [1.807, 2.05) is 11.0 Å². The molecule has 1 saturated heterocycles. The number of rotatable bonds is 5. The third-order valence-corrected chi connectivity index (χ3v) is 3.66. The van der Waals surface area contributed by atoms with Crippen molar-refractivity contribution in [3.8, 4) is 6.07 Å². The minimum atomic E-state index is 0.0768. The fourth-order valence-corrected chi connectivity index (χ4v) is 2.30. The third-order valence-electron chi connectivity index (χ3n) is 3.66. The average molecular weight is 280 g/mol. The van der Waals surface area contributed by atoms with Gasteiger partial charge in [0.25, 0.3) is 0 Å². The first-order valence-corrected chi connectivity index (χ1v) is 7.13. The van der Waals surface area contributed by atoms with E-state index in [1.54, 1.807) is 18.9 Å². The SMILES string of the molecule is CC(=O)N1CCCN(CCC(=O)N(C)CCC#N)CC1. The van der Waals surface area contributed by atoms with E-state index in [0.29, 0.717) is 19.4 Å². The van der Waals surface area contributed by atoms with Gasteiger partial charge in [-0.1, -0.05) is 0 Å². The zero-order chi connectivity index (χ0) is 15.0. The highest BCUT2D eigenvalue weighted by molar-refractivity contribution is 5.76. The topological polar surface area (TPSA) is 67.7 Å². The predicted molar refractivity (Wildman–Crippen MR) is 75.8 cm³/mol. The van der Waals surface area contributed by atoms with E-state index < -0.39 is 0 Å². The van der Waals surface area contributed by atoms with E-state index in [9.17, 15) is 9.59 Å². The first-order valence-electron chi connectivity index (χ1n) is 7.13. The summed E-state index contributed by atoms with van der Waals surface area (Å²) in [5.74, 6) is 0.201. The molecule has 1 aliphatic rings. The molecule has 0 aliphatic carbocycles. The number of nitriles is 1. The van der Waals surface area contributed by atoms with E-state index in [1.165, 1.54) is 0 Å². The van der Waals surface area contributed by atoms with Gasteiger partial charge in [-0.25, -0.2) is 0 Å². The highest BCUT2D eigenvalue weighted by atomic mass is 16.2. The van der Waals surface area contributed by atoms with Gasteiger partial charge in [0.05, 0.1) is 12.5 Å². The van der Waals surface area contributed by atoms with Crippen LogP contribution in [0.4, 0.5) is 0 Å². The molecule has 0 radical (unpaired) electrons. The molecule has 20 heavy (non-hydrogen) atoms. The van der Waals surface area contributed by atoms with Crippen molar-refractivity contribution in [2.24, 2.45) is 0 Å². The molecule has 0 N–H and O–H groups in total. The highest BCUT2D eigenvalue weighted by Crippen LogP contribution is 2.05. The van der Waals surface area contributed by atoms with Crippen molar-refractivity contribution in [1.29, 1.82) is 5.26 Å². The Kier molecular flexibility index (Phi) is 7.02. The molecule has 0 saturated carbocycles. The van der Waals surface area contributed by atoms with Crippen LogP contribution >= 0.6 is 0 Å². The van der Waals surface area contributed by atoms with Gasteiger partial charge in [0, 0.05) is 53.1 Å². The van der Waals surface area contributed by atoms with Crippen LogP contribution in [0.1, 0.15) is 26.2 Å². The Balaban J connectivity index is 2.29. The Morgan fingerprint density at radius 2 is 2.00 bits per heavy atom. The first-order chi connectivity index (χ1) is 9.54. The molecule has 1 rings (SSSR count). The van der Waals surface area contributed by atoms with Gasteiger partial charge in [0.1, 0.15) is 0 Å². The lowest BCUT2D eigenvalue weighted by Gasteiger charge is -2.22. The Bertz CT molecular complexity index is 378. The Hall–Kier alpha value is -1.61. The van der Waals surface area contributed by atoms with Gasteiger partial charge in [-0.3, -0.25) is 9.59 Å². The van der Waals surface area contributed by atoms with Crippen molar-refractivity contribution >= 4 is 11.8 Å². The van der Waals surface area contributed by atoms with Crippen molar-refractivity contribution in [3.05, 3.63) is 0 Å². The number of carbonyl (C=O) groups is 2. The lowest BCUT2D eigenvalue weighted by molar-refractivity contribution is -0.130. The molecule has 0 aromatic rings. The van der Waals surface area contributed by atoms with Gasteiger partial charge >= 0.3 is 0 Å². The molecule has 0 aromatic carbocycles. The quantitative estimate of drug-likeness (QED) is 0.726. The molecule has 6 nitrogen and oxygen atoms in total. The summed E-state index contributed by atoms with van der Waals surface area (Å²) in [5, 5.41) is 8.50. The van der Waals surface area contributed by atoms with E-state index >= 15 is 0 Å². The van der Waals surface area contributed by atoms with Gasteiger partial charge in [0.15, 0.2) is 0 Å². The van der Waals surface area contributed by atoms with Crippen LogP contribution < -0.4 is 0 Å². The van der Waals surface area contributed by atoms with Crippen LogP contribution in [-0.2, 0) is 9.59 Å². The molecule has 1 fully saturated rings. The zero-order valence-corrected chi connectivity index (χ0v) is 12.5. The molecule has 1 heterocycles. The van der Waals surface area contributed by atoms with Crippen LogP contribution in [0.5, 0.6) is 0 Å². The Morgan fingerprint density at radius 1 is 1.25 bits per heavy atom. The molecule has 0 aromatic heterocycles. The average Bonchev–Trinajstić information content (AvgIpc) is 2.67. The summed E-state index contributed by atoms with van der Waals surface area (Å²) in [4.78, 5) is 28.9. The molecule has 0 spiro atoms. The van der Waals surface area contributed by atoms with Crippen molar-refractivity contribution in [2.75, 3.05) is 46.3 Å². The lowest BCUT2D eigenvalue weighted by Crippen LogP contribution is -2.36. The standard InChI is InChI=1S/C14H24N4O2/c1-13(19)18-9-4-8-17(11-12-18)10-5-14(20)16(2)7-3-6-15/h3-5,7-12H2,1-2H3. The second kappa shape index (κ2) is 8.54. The van der Waals surface area contributed by atoms with E-state index in [2.05, 4.69) is 4.90 Å². The second-order valence-electron chi connectivity index (χ2n) is 5.17. The largest absolute Gasteiger partial charge is 0.345 e. The van der Waals surface area contributed by atoms with Gasteiger partial charge in [-0.2, -0.15) is 5.26 Å². The molecular weight excluding hydrogens is 256 g/mol. The fourth-order valence-electron chi connectivity index (χ4n) is 2.30. The summed E-state index contributed by atoms with van der Waals surface area (Å²) >= 11 is 0. The van der Waals surface area contributed by atoms with Gasteiger partial charge in [0.2, 0.25) is 11.8 Å². The molecule has 0 atom stereocenters. The van der Waals surface area contributed by atoms with Crippen molar-refractivity contribution < 1.29 is 9.59 Å². The molecule has 6 heteroatoms. The van der Waals surface area contributed by atoms with Crippen molar-refractivity contribution in [3.63, 3.8) is 0 Å². The summed E-state index contributed by atoms with van der Waals surface area (Å²) in [6, 6.07) is 2.04. The fraction of sp³-hybridized carbons (Fsp3) is 0.786. The van der Waals surface area contributed by atoms with E-state index in [4.69, 9.17) is 5.26 Å². The summed E-state index contributed by atoms with van der Waals surface area (Å²) in [6.07, 6.45) is 1.81. The summed E-state index contributed by atoms with van der Waals surface area (Å²) in [5.41, 5.74) is 0. The molecule has 0 unspecified atom stereocenters. The minimum absolute atomic E-state index is 0.0768. The van der Waals surface area contributed by atoms with Crippen molar-refractivity contribution in [1.82, 2.24) is 14.7 Å². The normalized spacial score (nSPS) is 16.4. The van der Waals surface area contributed by atoms with Crippen molar-refractivity contribution in [2.45, 2.75) is 26.2 Å². The van der Waals surface area contributed by atoms with E-state index in [-0.39, 0.29) is 11.8 Å². The summed E-state index contributed by atoms with van der Waals surface area (Å²) in [6.45, 7) is 6.13. The van der Waals surface area contributed by atoms with E-state index in [0.717, 1.165) is 39.1 Å². The molecule has 1 aliphatic heterocycles. The van der Waals surface area contributed by atoms with Crippen LogP contribution in [0, 0.1) is 11.3 Å². The van der Waals surface area contributed by atoms with Gasteiger partial charge in [-0.15, -0.1) is 0 Å². The van der Waals surface area contributed by atoms with Crippen LogP contribution in [0.15, 0.2) is 0 Å². The molecule has 2 amide bonds. The van der Waals surface area contributed by atoms with Gasteiger partial charge < -0.3 is 14.7 Å². The summed E-state index contributed by atoms with van der Waals surface area (Å²) in [7, 11) is 1.74. The maximum Gasteiger partial charge on any atom is 0.223 e. The zero-order valence-electron chi connectivity index (χ0n) is 12.5. The maximum atomic E-state index is 11.9. The first kappa shape index (κ1) is 16.4. The molecule has 0 bridgehead atoms. The molecule has 112 valence electrons.